The average molecular weight is 290 g/mol. The maximum Gasteiger partial charge on any atom is 0.416 e. The Hall–Kier alpha value is -2.85. The molecule has 1 aromatic rings. The van der Waals surface area contributed by atoms with Gasteiger partial charge < -0.3 is 17.2 Å². The summed E-state index contributed by atoms with van der Waals surface area (Å²) in [6.45, 7) is 0. The van der Waals surface area contributed by atoms with Gasteiger partial charge in [-0.3, -0.25) is 10.1 Å². The van der Waals surface area contributed by atoms with E-state index >= 15 is 0 Å². The van der Waals surface area contributed by atoms with Gasteiger partial charge in [-0.05, 0) is 12.1 Å². The summed E-state index contributed by atoms with van der Waals surface area (Å²) in [5.41, 5.74) is 12.8. The number of alkyl halides is 3. The smallest absolute Gasteiger partial charge is 0.370 e. The fourth-order valence-electron chi connectivity index (χ4n) is 1.22. The number of nitro groups is 1. The highest BCUT2D eigenvalue weighted by molar-refractivity contribution is 5.94. The Kier molecular flexibility index (Phi) is 4.12. The predicted molar refractivity (Wildman–Crippen MR) is 65.2 cm³/mol. The van der Waals surface area contributed by atoms with Gasteiger partial charge in [0.25, 0.3) is 5.69 Å². The first kappa shape index (κ1) is 15.2. The summed E-state index contributed by atoms with van der Waals surface area (Å²) < 4.78 is 37.4. The summed E-state index contributed by atoms with van der Waals surface area (Å²) in [7, 11) is 0. The molecule has 8 nitrogen and oxygen atoms in total. The van der Waals surface area contributed by atoms with Crippen molar-refractivity contribution in [3.63, 3.8) is 0 Å². The third-order valence-electron chi connectivity index (χ3n) is 1.98. The number of nitrogens with two attached hydrogens (primary N) is 3. The minimum Gasteiger partial charge on any atom is -0.370 e. The molecule has 6 N–H and O–H groups in total. The molecule has 108 valence electrons. The molecular weight excluding hydrogens is 281 g/mol. The lowest BCUT2D eigenvalue weighted by molar-refractivity contribution is -0.384. The predicted octanol–water partition coefficient (Wildman–Crippen LogP) is 0.833. The highest BCUT2D eigenvalue weighted by atomic mass is 19.4. The molecule has 0 aliphatic rings. The van der Waals surface area contributed by atoms with E-state index in [0.717, 1.165) is 6.07 Å². The number of halogens is 3. The van der Waals surface area contributed by atoms with E-state index in [0.29, 0.717) is 12.1 Å². The molecule has 0 aliphatic carbocycles. The summed E-state index contributed by atoms with van der Waals surface area (Å²) in [4.78, 5) is 16.5. The van der Waals surface area contributed by atoms with Gasteiger partial charge in [-0.1, -0.05) is 0 Å². The Labute approximate surface area is 109 Å². The van der Waals surface area contributed by atoms with Gasteiger partial charge in [0.2, 0.25) is 5.96 Å². The Bertz CT molecular complexity index is 592. The van der Waals surface area contributed by atoms with E-state index in [9.17, 15) is 23.3 Å². The van der Waals surface area contributed by atoms with Gasteiger partial charge in [0.1, 0.15) is 5.69 Å². The standard InChI is InChI=1S/C9H9F3N6O2/c10-9(11,12)4-1-2-5(6(3-4)18(19)20)16-8(15)17-7(13)14/h1-3H,(H6,13,14,15,16,17). The fraction of sp³-hybridized carbons (Fsp3) is 0.111. The van der Waals surface area contributed by atoms with Crippen molar-refractivity contribution in [1.29, 1.82) is 0 Å². The molecule has 0 spiro atoms. The van der Waals surface area contributed by atoms with Crippen LogP contribution in [0.1, 0.15) is 5.56 Å². The Morgan fingerprint density at radius 3 is 2.30 bits per heavy atom. The zero-order chi connectivity index (χ0) is 15.5. The molecule has 0 amide bonds. The Balaban J connectivity index is 3.35. The first-order valence-corrected chi connectivity index (χ1v) is 4.90. The third-order valence-corrected chi connectivity index (χ3v) is 1.98. The van der Waals surface area contributed by atoms with E-state index in [1.54, 1.807) is 0 Å². The number of aliphatic imine (C=N–C) groups is 2. The SMILES string of the molecule is NC(N)=NC(N)=Nc1ccc(C(F)(F)F)cc1[N+](=O)[O-]. The average Bonchev–Trinajstić information content (AvgIpc) is 2.26. The Morgan fingerprint density at radius 1 is 1.25 bits per heavy atom. The molecule has 1 rings (SSSR count). The molecule has 0 heterocycles. The van der Waals surface area contributed by atoms with Gasteiger partial charge in [0.15, 0.2) is 5.96 Å². The number of guanidine groups is 2. The van der Waals surface area contributed by atoms with Crippen LogP contribution in [0.15, 0.2) is 28.2 Å². The van der Waals surface area contributed by atoms with E-state index in [-0.39, 0.29) is 0 Å². The maximum absolute atomic E-state index is 12.5. The summed E-state index contributed by atoms with van der Waals surface area (Å²) in [5, 5.41) is 10.7. The summed E-state index contributed by atoms with van der Waals surface area (Å²) in [6, 6.07) is 1.78. The minimum atomic E-state index is -4.71. The van der Waals surface area contributed by atoms with Crippen LogP contribution in [0.4, 0.5) is 24.5 Å². The fourth-order valence-corrected chi connectivity index (χ4v) is 1.22. The van der Waals surface area contributed by atoms with E-state index < -0.39 is 40.0 Å². The van der Waals surface area contributed by atoms with Crippen LogP contribution in [-0.4, -0.2) is 16.8 Å². The van der Waals surface area contributed by atoms with Crippen LogP contribution in [-0.2, 0) is 6.18 Å². The summed E-state index contributed by atoms with van der Waals surface area (Å²) >= 11 is 0. The lowest BCUT2D eigenvalue weighted by Gasteiger charge is -2.06. The van der Waals surface area contributed by atoms with E-state index in [1.807, 2.05) is 0 Å². The normalized spacial score (nSPS) is 12.1. The van der Waals surface area contributed by atoms with Crippen molar-refractivity contribution < 1.29 is 18.1 Å². The van der Waals surface area contributed by atoms with Crippen LogP contribution in [0, 0.1) is 10.1 Å². The van der Waals surface area contributed by atoms with Crippen LogP contribution in [0.25, 0.3) is 0 Å². The monoisotopic (exact) mass is 290 g/mol. The lowest BCUT2D eigenvalue weighted by atomic mass is 10.1. The molecule has 0 saturated heterocycles. The van der Waals surface area contributed by atoms with Crippen molar-refractivity contribution in [2.24, 2.45) is 27.2 Å². The Morgan fingerprint density at radius 2 is 1.85 bits per heavy atom. The number of hydrogen-bond acceptors (Lipinski definition) is 3. The third kappa shape index (κ3) is 3.83. The zero-order valence-electron chi connectivity index (χ0n) is 9.76. The largest absolute Gasteiger partial charge is 0.416 e. The highest BCUT2D eigenvalue weighted by Crippen LogP contribution is 2.36. The van der Waals surface area contributed by atoms with Crippen molar-refractivity contribution in [2.75, 3.05) is 0 Å². The molecular formula is C9H9F3N6O2. The topological polar surface area (TPSA) is 146 Å². The number of nitro benzene ring substituents is 1. The second kappa shape index (κ2) is 5.42. The van der Waals surface area contributed by atoms with Crippen molar-refractivity contribution >= 4 is 23.3 Å². The van der Waals surface area contributed by atoms with Crippen LogP contribution in [0.2, 0.25) is 0 Å². The molecule has 1 aromatic carbocycles. The molecule has 0 unspecified atom stereocenters. The summed E-state index contributed by atoms with van der Waals surface area (Å²) in [5.74, 6) is -0.964. The molecule has 0 bridgehead atoms. The van der Waals surface area contributed by atoms with Crippen molar-refractivity contribution in [3.8, 4) is 0 Å². The molecule has 0 atom stereocenters. The van der Waals surface area contributed by atoms with Gasteiger partial charge in [0, 0.05) is 6.07 Å². The maximum atomic E-state index is 12.5. The first-order valence-electron chi connectivity index (χ1n) is 4.90. The van der Waals surface area contributed by atoms with Gasteiger partial charge in [-0.15, -0.1) is 0 Å². The van der Waals surface area contributed by atoms with Gasteiger partial charge >= 0.3 is 6.18 Å². The van der Waals surface area contributed by atoms with Crippen LogP contribution in [0.5, 0.6) is 0 Å². The van der Waals surface area contributed by atoms with Crippen molar-refractivity contribution in [3.05, 3.63) is 33.9 Å². The van der Waals surface area contributed by atoms with Crippen LogP contribution < -0.4 is 17.2 Å². The van der Waals surface area contributed by atoms with Crippen LogP contribution in [0.3, 0.4) is 0 Å². The molecule has 0 fully saturated rings. The quantitative estimate of drug-likeness (QED) is 0.319. The van der Waals surface area contributed by atoms with Crippen molar-refractivity contribution in [2.45, 2.75) is 6.18 Å². The highest BCUT2D eigenvalue weighted by Gasteiger charge is 2.33. The molecule has 20 heavy (non-hydrogen) atoms. The van der Waals surface area contributed by atoms with Gasteiger partial charge in [-0.2, -0.15) is 18.2 Å². The second-order valence-corrected chi connectivity index (χ2v) is 3.47. The van der Waals surface area contributed by atoms with Crippen LogP contribution >= 0.6 is 0 Å². The minimum absolute atomic E-state index is 0.349. The molecule has 0 aromatic heterocycles. The lowest BCUT2D eigenvalue weighted by Crippen LogP contribution is -2.26. The molecule has 0 aliphatic heterocycles. The molecule has 0 saturated carbocycles. The van der Waals surface area contributed by atoms with Gasteiger partial charge in [-0.25, -0.2) is 4.99 Å². The second-order valence-electron chi connectivity index (χ2n) is 3.47. The van der Waals surface area contributed by atoms with E-state index in [4.69, 9.17) is 17.2 Å². The first-order chi connectivity index (χ1) is 9.11. The van der Waals surface area contributed by atoms with Crippen molar-refractivity contribution in [1.82, 2.24) is 0 Å². The van der Waals surface area contributed by atoms with E-state index in [2.05, 4.69) is 9.98 Å². The summed E-state index contributed by atoms with van der Waals surface area (Å²) in [6.07, 6.45) is -4.71. The zero-order valence-corrected chi connectivity index (χ0v) is 9.76. The number of benzene rings is 1. The molecule has 11 heteroatoms. The van der Waals surface area contributed by atoms with E-state index in [1.165, 1.54) is 0 Å². The molecule has 0 radical (unpaired) electrons. The van der Waals surface area contributed by atoms with Gasteiger partial charge in [0.05, 0.1) is 10.5 Å². The number of nitrogens with zero attached hydrogens (tertiary/aromatic N) is 3. The number of rotatable bonds is 2. The number of hydrogen-bond donors (Lipinski definition) is 3.